The summed E-state index contributed by atoms with van der Waals surface area (Å²) < 4.78 is 6.50. The number of rotatable bonds is 9. The summed E-state index contributed by atoms with van der Waals surface area (Å²) in [4.78, 5) is 23.5. The molecule has 7 nitrogen and oxygen atoms in total. The van der Waals surface area contributed by atoms with Crippen LogP contribution in [0.5, 0.6) is 0 Å². The second kappa shape index (κ2) is 8.80. The maximum atomic E-state index is 11.8. The molecule has 114 valence electrons. The molecular weight excluding hydrogens is 280 g/mol. The van der Waals surface area contributed by atoms with Gasteiger partial charge in [0.05, 0.1) is 5.25 Å². The molecule has 8 heteroatoms. The third-order valence-electron chi connectivity index (χ3n) is 2.65. The maximum Gasteiger partial charge on any atom is 0.343 e. The van der Waals surface area contributed by atoms with Gasteiger partial charge in [-0.15, -0.1) is 5.10 Å². The van der Waals surface area contributed by atoms with E-state index in [1.54, 1.807) is 14.0 Å². The molecule has 0 saturated carbocycles. The number of H-pyrrole nitrogens is 1. The average molecular weight is 302 g/mol. The number of nitrogens with one attached hydrogen (secondary N) is 2. The first-order valence-electron chi connectivity index (χ1n) is 6.68. The zero-order valence-corrected chi connectivity index (χ0v) is 13.0. The van der Waals surface area contributed by atoms with Gasteiger partial charge < -0.3 is 10.1 Å². The van der Waals surface area contributed by atoms with Crippen molar-refractivity contribution in [3.05, 3.63) is 10.5 Å². The molecule has 1 atom stereocenters. The van der Waals surface area contributed by atoms with Gasteiger partial charge in [-0.25, -0.2) is 9.89 Å². The highest BCUT2D eigenvalue weighted by Crippen LogP contribution is 2.19. The van der Waals surface area contributed by atoms with Gasteiger partial charge >= 0.3 is 5.69 Å². The van der Waals surface area contributed by atoms with Crippen molar-refractivity contribution in [1.29, 1.82) is 0 Å². The van der Waals surface area contributed by atoms with E-state index in [4.69, 9.17) is 4.74 Å². The van der Waals surface area contributed by atoms with Crippen LogP contribution >= 0.6 is 11.8 Å². The fourth-order valence-corrected chi connectivity index (χ4v) is 2.47. The summed E-state index contributed by atoms with van der Waals surface area (Å²) in [6.45, 7) is 5.56. The van der Waals surface area contributed by atoms with Crippen molar-refractivity contribution < 1.29 is 9.53 Å². The number of aromatic nitrogens is 3. The fourth-order valence-electron chi connectivity index (χ4n) is 1.56. The molecule has 1 rings (SSSR count). The van der Waals surface area contributed by atoms with Gasteiger partial charge in [-0.1, -0.05) is 18.7 Å². The van der Waals surface area contributed by atoms with Crippen LogP contribution in [0.15, 0.2) is 9.95 Å². The summed E-state index contributed by atoms with van der Waals surface area (Å²) in [5.41, 5.74) is -0.259. The van der Waals surface area contributed by atoms with Gasteiger partial charge in [0.1, 0.15) is 0 Å². The van der Waals surface area contributed by atoms with Crippen LogP contribution in [0, 0.1) is 0 Å². The molecule has 1 heterocycles. The molecule has 0 bridgehead atoms. The first-order chi connectivity index (χ1) is 9.60. The van der Waals surface area contributed by atoms with E-state index >= 15 is 0 Å². The van der Waals surface area contributed by atoms with Crippen molar-refractivity contribution in [2.75, 3.05) is 20.3 Å². The van der Waals surface area contributed by atoms with E-state index < -0.39 is 0 Å². The van der Waals surface area contributed by atoms with E-state index in [1.807, 2.05) is 6.92 Å². The zero-order valence-electron chi connectivity index (χ0n) is 12.1. The number of aromatic amines is 1. The molecule has 0 saturated heterocycles. The minimum Gasteiger partial charge on any atom is -0.385 e. The van der Waals surface area contributed by atoms with Crippen molar-refractivity contribution in [1.82, 2.24) is 20.1 Å². The van der Waals surface area contributed by atoms with Crippen LogP contribution in [0.1, 0.15) is 26.7 Å². The average Bonchev–Trinajstić information content (AvgIpc) is 2.77. The van der Waals surface area contributed by atoms with Crippen LogP contribution in [0.3, 0.4) is 0 Å². The normalized spacial score (nSPS) is 12.3. The van der Waals surface area contributed by atoms with E-state index in [-0.39, 0.29) is 16.8 Å². The third kappa shape index (κ3) is 5.01. The summed E-state index contributed by atoms with van der Waals surface area (Å²) in [7, 11) is 1.62. The Bertz CT molecular complexity index is 472. The molecule has 0 radical (unpaired) electrons. The Balaban J connectivity index is 2.62. The first-order valence-corrected chi connectivity index (χ1v) is 7.56. The molecule has 0 spiro atoms. The number of carbonyl (C=O) groups excluding carboxylic acids is 1. The van der Waals surface area contributed by atoms with Gasteiger partial charge in [0, 0.05) is 26.8 Å². The number of hydrogen-bond acceptors (Lipinski definition) is 5. The quantitative estimate of drug-likeness (QED) is 0.515. The topological polar surface area (TPSA) is 89.0 Å². The van der Waals surface area contributed by atoms with Gasteiger partial charge in [-0.3, -0.25) is 9.36 Å². The minimum atomic E-state index is -0.294. The van der Waals surface area contributed by atoms with Gasteiger partial charge in [-0.2, -0.15) is 0 Å². The summed E-state index contributed by atoms with van der Waals surface area (Å²) in [5, 5.41) is 9.45. The van der Waals surface area contributed by atoms with E-state index in [9.17, 15) is 9.59 Å². The SMILES string of the molecule is CCCNC(=O)C(C)Sc1n[nH]c(=O)n1CCCOC. The lowest BCUT2D eigenvalue weighted by molar-refractivity contribution is -0.120. The number of hydrogen-bond donors (Lipinski definition) is 2. The van der Waals surface area contributed by atoms with Crippen LogP contribution in [-0.4, -0.2) is 46.2 Å². The molecule has 20 heavy (non-hydrogen) atoms. The lowest BCUT2D eigenvalue weighted by Gasteiger charge is -2.11. The van der Waals surface area contributed by atoms with E-state index in [2.05, 4.69) is 15.5 Å². The Kier molecular flexibility index (Phi) is 7.38. The summed E-state index contributed by atoms with van der Waals surface area (Å²) in [6.07, 6.45) is 1.62. The lowest BCUT2D eigenvalue weighted by atomic mass is 10.4. The smallest absolute Gasteiger partial charge is 0.343 e. The highest BCUT2D eigenvalue weighted by Gasteiger charge is 2.18. The van der Waals surface area contributed by atoms with Crippen LogP contribution < -0.4 is 11.0 Å². The summed E-state index contributed by atoms with van der Waals surface area (Å²) in [5.74, 6) is -0.0456. The number of carbonyl (C=O) groups is 1. The molecule has 0 aliphatic rings. The lowest BCUT2D eigenvalue weighted by Crippen LogP contribution is -2.31. The van der Waals surface area contributed by atoms with Crippen LogP contribution in [0.25, 0.3) is 0 Å². The Morgan fingerprint density at radius 2 is 2.35 bits per heavy atom. The highest BCUT2D eigenvalue weighted by atomic mass is 32.2. The molecule has 1 unspecified atom stereocenters. The predicted molar refractivity (Wildman–Crippen MR) is 78.0 cm³/mol. The number of thioether (sulfide) groups is 1. The Morgan fingerprint density at radius 3 is 3.00 bits per heavy atom. The second-order valence-corrected chi connectivity index (χ2v) is 5.67. The van der Waals surface area contributed by atoms with Crippen LogP contribution in [-0.2, 0) is 16.1 Å². The van der Waals surface area contributed by atoms with Gasteiger partial charge in [0.15, 0.2) is 5.16 Å². The van der Waals surface area contributed by atoms with E-state index in [0.717, 1.165) is 12.8 Å². The first kappa shape index (κ1) is 16.8. The van der Waals surface area contributed by atoms with Crippen LogP contribution in [0.2, 0.25) is 0 Å². The van der Waals surface area contributed by atoms with Crippen LogP contribution in [0.4, 0.5) is 0 Å². The standard InChI is InChI=1S/C12H22N4O3S/c1-4-6-13-10(17)9(2)20-12-15-14-11(18)16(12)7-5-8-19-3/h9H,4-8H2,1-3H3,(H,13,17)(H,14,18). The van der Waals surface area contributed by atoms with E-state index in [1.165, 1.54) is 16.3 Å². The second-order valence-electron chi connectivity index (χ2n) is 4.36. The number of ether oxygens (including phenoxy) is 1. The van der Waals surface area contributed by atoms with Crippen molar-refractivity contribution in [3.63, 3.8) is 0 Å². The maximum absolute atomic E-state index is 11.8. The Morgan fingerprint density at radius 1 is 1.60 bits per heavy atom. The van der Waals surface area contributed by atoms with Crippen molar-refractivity contribution in [2.24, 2.45) is 0 Å². The van der Waals surface area contributed by atoms with Crippen molar-refractivity contribution in [2.45, 2.75) is 43.6 Å². The Hall–Kier alpha value is -1.28. The van der Waals surface area contributed by atoms with E-state index in [0.29, 0.717) is 24.9 Å². The largest absolute Gasteiger partial charge is 0.385 e. The molecule has 0 aliphatic heterocycles. The third-order valence-corrected chi connectivity index (χ3v) is 3.74. The van der Waals surface area contributed by atoms with Gasteiger partial charge in [0.25, 0.3) is 0 Å². The molecule has 0 aromatic carbocycles. The molecular formula is C12H22N4O3S. The predicted octanol–water partition coefficient (Wildman–Crippen LogP) is 0.615. The number of methoxy groups -OCH3 is 1. The molecule has 2 N–H and O–H groups in total. The molecule has 0 fully saturated rings. The fraction of sp³-hybridized carbons (Fsp3) is 0.750. The van der Waals surface area contributed by atoms with Crippen molar-refractivity contribution in [3.8, 4) is 0 Å². The minimum absolute atomic E-state index is 0.0456. The molecule has 1 aromatic rings. The molecule has 1 amide bonds. The monoisotopic (exact) mass is 302 g/mol. The molecule has 1 aromatic heterocycles. The number of nitrogens with zero attached hydrogens (tertiary/aromatic N) is 2. The summed E-state index contributed by atoms with van der Waals surface area (Å²) in [6, 6.07) is 0. The number of amides is 1. The van der Waals surface area contributed by atoms with Gasteiger partial charge in [-0.05, 0) is 19.8 Å². The zero-order chi connectivity index (χ0) is 15.0. The highest BCUT2D eigenvalue weighted by molar-refractivity contribution is 8.00. The molecule has 0 aliphatic carbocycles. The van der Waals surface area contributed by atoms with Crippen molar-refractivity contribution >= 4 is 17.7 Å². The Labute approximate surface area is 122 Å². The van der Waals surface area contributed by atoms with Gasteiger partial charge in [0.2, 0.25) is 5.91 Å². The summed E-state index contributed by atoms with van der Waals surface area (Å²) >= 11 is 1.28.